The van der Waals surface area contributed by atoms with Crippen LogP contribution in [0.1, 0.15) is 16.2 Å². The Morgan fingerprint density at radius 2 is 2.05 bits per heavy atom. The third-order valence-electron chi connectivity index (χ3n) is 3.43. The topological polar surface area (TPSA) is 78.7 Å². The average Bonchev–Trinajstić information content (AvgIpc) is 2.87. The Bertz CT molecular complexity index is 457. The van der Waals surface area contributed by atoms with E-state index >= 15 is 0 Å². The van der Waals surface area contributed by atoms with E-state index in [-0.39, 0.29) is 12.3 Å². The Morgan fingerprint density at radius 3 is 2.76 bits per heavy atom. The van der Waals surface area contributed by atoms with Crippen LogP contribution in [0.4, 0.5) is 0 Å². The first-order valence-electron chi connectivity index (χ1n) is 7.08. The Hall–Kier alpha value is -1.51. The number of esters is 1. The lowest BCUT2D eigenvalue weighted by Gasteiger charge is -2.26. The molecule has 0 spiro atoms. The lowest BCUT2D eigenvalue weighted by Crippen LogP contribution is -2.38. The standard InChI is InChI=1S/C13H22N4O4/c1-11-12(13(18)21-10-9-19-2)14-15-17(11)4-3-16-5-7-20-8-6-16/h3-10H2,1-2H3. The monoisotopic (exact) mass is 298 g/mol. The number of hydrogen-bond acceptors (Lipinski definition) is 7. The minimum atomic E-state index is -0.456. The highest BCUT2D eigenvalue weighted by atomic mass is 16.6. The average molecular weight is 298 g/mol. The molecule has 0 atom stereocenters. The van der Waals surface area contributed by atoms with Crippen LogP contribution in [0, 0.1) is 6.92 Å². The predicted molar refractivity (Wildman–Crippen MR) is 74.2 cm³/mol. The summed E-state index contributed by atoms with van der Waals surface area (Å²) in [6, 6.07) is 0. The largest absolute Gasteiger partial charge is 0.458 e. The van der Waals surface area contributed by atoms with E-state index in [9.17, 15) is 4.79 Å². The van der Waals surface area contributed by atoms with Gasteiger partial charge >= 0.3 is 5.97 Å². The molecule has 1 aliphatic rings. The van der Waals surface area contributed by atoms with Gasteiger partial charge < -0.3 is 14.2 Å². The third kappa shape index (κ3) is 4.48. The van der Waals surface area contributed by atoms with Crippen LogP contribution in [0.5, 0.6) is 0 Å². The Labute approximate surface area is 123 Å². The van der Waals surface area contributed by atoms with Crippen LogP contribution in [-0.2, 0) is 20.8 Å². The first kappa shape index (κ1) is 15.9. The summed E-state index contributed by atoms with van der Waals surface area (Å²) in [6.45, 7) is 7.38. The van der Waals surface area contributed by atoms with Crippen LogP contribution in [0.3, 0.4) is 0 Å². The van der Waals surface area contributed by atoms with Gasteiger partial charge in [0.05, 0.1) is 32.1 Å². The molecular weight excluding hydrogens is 276 g/mol. The highest BCUT2D eigenvalue weighted by Crippen LogP contribution is 2.06. The summed E-state index contributed by atoms with van der Waals surface area (Å²) in [7, 11) is 1.56. The van der Waals surface area contributed by atoms with E-state index in [0.29, 0.717) is 13.2 Å². The fourth-order valence-corrected chi connectivity index (χ4v) is 2.11. The molecule has 1 aliphatic heterocycles. The van der Waals surface area contributed by atoms with Gasteiger partial charge in [0, 0.05) is 26.7 Å². The van der Waals surface area contributed by atoms with Crippen molar-refractivity contribution < 1.29 is 19.0 Å². The van der Waals surface area contributed by atoms with Gasteiger partial charge in [-0.3, -0.25) is 4.90 Å². The number of morpholine rings is 1. The van der Waals surface area contributed by atoms with Gasteiger partial charge in [-0.2, -0.15) is 0 Å². The van der Waals surface area contributed by atoms with Crippen molar-refractivity contribution in [3.8, 4) is 0 Å². The smallest absolute Gasteiger partial charge is 0.360 e. The van der Waals surface area contributed by atoms with E-state index in [1.54, 1.807) is 11.8 Å². The van der Waals surface area contributed by atoms with Crippen LogP contribution < -0.4 is 0 Å². The van der Waals surface area contributed by atoms with E-state index < -0.39 is 5.97 Å². The van der Waals surface area contributed by atoms with Crippen LogP contribution in [0.25, 0.3) is 0 Å². The van der Waals surface area contributed by atoms with Crippen molar-refractivity contribution in [1.29, 1.82) is 0 Å². The van der Waals surface area contributed by atoms with Gasteiger partial charge in [0.25, 0.3) is 0 Å². The quantitative estimate of drug-likeness (QED) is 0.506. The SMILES string of the molecule is COCCOC(=O)c1nnn(CCN2CCOCC2)c1C. The summed E-state index contributed by atoms with van der Waals surface area (Å²) >= 11 is 0. The van der Waals surface area contributed by atoms with Gasteiger partial charge in [0.1, 0.15) is 6.61 Å². The van der Waals surface area contributed by atoms with Crippen LogP contribution in [0.15, 0.2) is 0 Å². The fraction of sp³-hybridized carbons (Fsp3) is 0.769. The van der Waals surface area contributed by atoms with Crippen molar-refractivity contribution in [2.45, 2.75) is 13.5 Å². The molecule has 0 unspecified atom stereocenters. The maximum atomic E-state index is 11.8. The number of hydrogen-bond donors (Lipinski definition) is 0. The highest BCUT2D eigenvalue weighted by molar-refractivity contribution is 5.88. The van der Waals surface area contributed by atoms with Crippen molar-refractivity contribution >= 4 is 5.97 Å². The second-order valence-corrected chi connectivity index (χ2v) is 4.83. The summed E-state index contributed by atoms with van der Waals surface area (Å²) in [6.07, 6.45) is 0. The molecule has 8 nitrogen and oxygen atoms in total. The fourth-order valence-electron chi connectivity index (χ4n) is 2.11. The number of methoxy groups -OCH3 is 1. The number of aromatic nitrogens is 3. The van der Waals surface area contributed by atoms with Crippen LogP contribution in [-0.4, -0.2) is 79.0 Å². The van der Waals surface area contributed by atoms with Crippen LogP contribution >= 0.6 is 0 Å². The molecule has 0 saturated carbocycles. The molecule has 0 bridgehead atoms. The number of carbonyl (C=O) groups is 1. The molecule has 1 saturated heterocycles. The number of ether oxygens (including phenoxy) is 3. The van der Waals surface area contributed by atoms with E-state index in [4.69, 9.17) is 14.2 Å². The van der Waals surface area contributed by atoms with Gasteiger partial charge in [0.15, 0.2) is 5.69 Å². The van der Waals surface area contributed by atoms with Gasteiger partial charge in [-0.25, -0.2) is 9.48 Å². The zero-order valence-corrected chi connectivity index (χ0v) is 12.6. The van der Waals surface area contributed by atoms with Gasteiger partial charge in [-0.1, -0.05) is 5.21 Å². The molecule has 8 heteroatoms. The number of carbonyl (C=O) groups excluding carboxylic acids is 1. The zero-order valence-electron chi connectivity index (χ0n) is 12.6. The van der Waals surface area contributed by atoms with E-state index in [1.165, 1.54) is 0 Å². The zero-order chi connectivity index (χ0) is 15.1. The molecule has 0 aromatic carbocycles. The first-order chi connectivity index (χ1) is 10.2. The molecule has 21 heavy (non-hydrogen) atoms. The van der Waals surface area contributed by atoms with E-state index in [1.807, 2.05) is 6.92 Å². The van der Waals surface area contributed by atoms with Gasteiger partial charge in [-0.05, 0) is 6.92 Å². The Balaban J connectivity index is 1.85. The van der Waals surface area contributed by atoms with Gasteiger partial charge in [-0.15, -0.1) is 5.10 Å². The molecule has 1 aromatic rings. The molecule has 118 valence electrons. The number of rotatable bonds is 7. The Morgan fingerprint density at radius 1 is 1.29 bits per heavy atom. The minimum absolute atomic E-state index is 0.218. The van der Waals surface area contributed by atoms with Crippen molar-refractivity contribution in [2.24, 2.45) is 0 Å². The molecule has 0 radical (unpaired) electrons. The number of nitrogens with zero attached hydrogens (tertiary/aromatic N) is 4. The Kier molecular flexibility index (Phi) is 6.09. The van der Waals surface area contributed by atoms with Crippen molar-refractivity contribution in [1.82, 2.24) is 19.9 Å². The van der Waals surface area contributed by atoms with Crippen molar-refractivity contribution in [3.05, 3.63) is 11.4 Å². The van der Waals surface area contributed by atoms with Crippen molar-refractivity contribution in [3.63, 3.8) is 0 Å². The van der Waals surface area contributed by atoms with E-state index in [0.717, 1.165) is 38.5 Å². The molecule has 1 fully saturated rings. The summed E-state index contributed by atoms with van der Waals surface area (Å²) < 4.78 is 16.9. The summed E-state index contributed by atoms with van der Waals surface area (Å²) in [5, 5.41) is 7.94. The second kappa shape index (κ2) is 8.06. The lowest BCUT2D eigenvalue weighted by molar-refractivity contribution is 0.0358. The third-order valence-corrected chi connectivity index (χ3v) is 3.43. The molecular formula is C13H22N4O4. The molecule has 0 amide bonds. The van der Waals surface area contributed by atoms with Crippen molar-refractivity contribution in [2.75, 3.05) is 53.2 Å². The minimum Gasteiger partial charge on any atom is -0.458 e. The van der Waals surface area contributed by atoms with Crippen LogP contribution in [0.2, 0.25) is 0 Å². The molecule has 1 aromatic heterocycles. The molecule has 2 heterocycles. The van der Waals surface area contributed by atoms with Gasteiger partial charge in [0.2, 0.25) is 0 Å². The maximum Gasteiger partial charge on any atom is 0.360 e. The maximum absolute atomic E-state index is 11.8. The molecule has 0 aliphatic carbocycles. The van der Waals surface area contributed by atoms with E-state index in [2.05, 4.69) is 15.2 Å². The second-order valence-electron chi connectivity index (χ2n) is 4.83. The predicted octanol–water partition coefficient (Wildman–Crippen LogP) is -0.278. The summed E-state index contributed by atoms with van der Waals surface area (Å²) in [4.78, 5) is 14.1. The first-order valence-corrected chi connectivity index (χ1v) is 7.08. The lowest BCUT2D eigenvalue weighted by atomic mass is 10.3. The summed E-state index contributed by atoms with van der Waals surface area (Å²) in [5.74, 6) is -0.456. The molecule has 2 rings (SSSR count). The normalized spacial score (nSPS) is 16.1. The molecule has 0 N–H and O–H groups in total. The highest BCUT2D eigenvalue weighted by Gasteiger charge is 2.18. The summed E-state index contributed by atoms with van der Waals surface area (Å²) in [5.41, 5.74) is 0.999.